The van der Waals surface area contributed by atoms with Crippen LogP contribution in [0.25, 0.3) is 0 Å². The number of anilines is 2. The number of aromatic nitrogens is 3. The van der Waals surface area contributed by atoms with Crippen molar-refractivity contribution >= 4 is 23.9 Å². The molecule has 212 valence electrons. The Labute approximate surface area is 234 Å². The molecule has 4 rings (SSSR count). The first-order chi connectivity index (χ1) is 19.3. The first kappa shape index (κ1) is 28.6. The minimum Gasteiger partial charge on any atom is -0.458 e. The second-order valence-corrected chi connectivity index (χ2v) is 10.4. The number of nitrogens with zero attached hydrogens (tertiary/aromatic N) is 4. The van der Waals surface area contributed by atoms with Gasteiger partial charge in [0.25, 0.3) is 0 Å². The average Bonchev–Trinajstić information content (AvgIpc) is 3.43. The lowest BCUT2D eigenvalue weighted by atomic mass is 10.2. The van der Waals surface area contributed by atoms with Gasteiger partial charge in [-0.1, -0.05) is 60.7 Å². The van der Waals surface area contributed by atoms with Gasteiger partial charge in [-0.2, -0.15) is 15.0 Å². The number of alkyl carbamates (subject to hydrolysis) is 1. The van der Waals surface area contributed by atoms with Crippen LogP contribution in [0.3, 0.4) is 0 Å². The van der Waals surface area contributed by atoms with Crippen LogP contribution in [-0.2, 0) is 22.7 Å². The summed E-state index contributed by atoms with van der Waals surface area (Å²) in [6.07, 6.45) is 1.02. The fourth-order valence-electron chi connectivity index (χ4n) is 4.17. The Morgan fingerprint density at radius 2 is 1.62 bits per heavy atom. The number of benzene rings is 2. The summed E-state index contributed by atoms with van der Waals surface area (Å²) in [5.74, 6) is 0.567. The minimum atomic E-state index is -0.578. The van der Waals surface area contributed by atoms with Crippen LogP contribution in [0, 0.1) is 0 Å². The van der Waals surface area contributed by atoms with Gasteiger partial charge in [0.05, 0.1) is 0 Å². The molecule has 1 atom stereocenters. The van der Waals surface area contributed by atoms with Gasteiger partial charge in [-0.25, -0.2) is 4.79 Å². The van der Waals surface area contributed by atoms with Crippen molar-refractivity contribution in [3.63, 3.8) is 0 Å². The number of hydrogen-bond acceptors (Lipinski definition) is 9. The molecule has 2 aromatic carbocycles. The van der Waals surface area contributed by atoms with E-state index >= 15 is 0 Å². The fraction of sp³-hybridized carbons (Fsp3) is 0.414. The van der Waals surface area contributed by atoms with E-state index < -0.39 is 17.7 Å². The maximum absolute atomic E-state index is 13.1. The molecule has 0 aliphatic carbocycles. The van der Waals surface area contributed by atoms with Crippen LogP contribution in [0.4, 0.5) is 16.7 Å². The average molecular weight is 548 g/mol. The van der Waals surface area contributed by atoms with Crippen LogP contribution in [0.2, 0.25) is 0 Å². The zero-order chi connectivity index (χ0) is 28.4. The standard InChI is InChI=1S/C29H37N7O4/c1-29(2,3)40-28(38)31-17-16-30-25-33-26(35-27(34-25)39-20-22-13-8-5-9-14-22)36-18-10-15-23(36)24(37)32-19-21-11-6-4-7-12-21/h4-9,11-14,23H,10,15-20H2,1-3H3,(H,31,38)(H,32,37)(H,30,33,34,35)/t23-/m0/s1. The Kier molecular flexibility index (Phi) is 9.71. The number of carbonyl (C=O) groups excluding carboxylic acids is 2. The van der Waals surface area contributed by atoms with E-state index in [1.165, 1.54) is 0 Å². The highest BCUT2D eigenvalue weighted by molar-refractivity contribution is 5.85. The molecule has 1 fully saturated rings. The number of ether oxygens (including phenoxy) is 2. The Bertz CT molecular complexity index is 1250. The Hall–Kier alpha value is -4.41. The third kappa shape index (κ3) is 8.82. The van der Waals surface area contributed by atoms with Crippen LogP contribution in [0.5, 0.6) is 6.01 Å². The molecule has 1 aliphatic rings. The lowest BCUT2D eigenvalue weighted by Crippen LogP contribution is -2.44. The van der Waals surface area contributed by atoms with E-state index in [-0.39, 0.29) is 24.5 Å². The van der Waals surface area contributed by atoms with E-state index in [0.29, 0.717) is 38.5 Å². The zero-order valence-electron chi connectivity index (χ0n) is 23.2. The summed E-state index contributed by atoms with van der Waals surface area (Å²) < 4.78 is 11.2. The molecule has 3 N–H and O–H groups in total. The van der Waals surface area contributed by atoms with Crippen molar-refractivity contribution in [2.75, 3.05) is 29.9 Å². The topological polar surface area (TPSA) is 131 Å². The molecule has 0 unspecified atom stereocenters. The molecule has 2 amide bonds. The Balaban J connectivity index is 1.44. The van der Waals surface area contributed by atoms with Crippen molar-refractivity contribution in [1.29, 1.82) is 0 Å². The van der Waals surface area contributed by atoms with E-state index in [0.717, 1.165) is 17.5 Å². The molecular formula is C29H37N7O4. The van der Waals surface area contributed by atoms with Crippen molar-refractivity contribution in [3.05, 3.63) is 71.8 Å². The highest BCUT2D eigenvalue weighted by atomic mass is 16.6. The summed E-state index contributed by atoms with van der Waals surface area (Å²) in [5.41, 5.74) is 1.43. The molecular weight excluding hydrogens is 510 g/mol. The van der Waals surface area contributed by atoms with Crippen molar-refractivity contribution in [1.82, 2.24) is 25.6 Å². The molecule has 0 saturated carbocycles. The summed E-state index contributed by atoms with van der Waals surface area (Å²) >= 11 is 0. The molecule has 1 aromatic heterocycles. The van der Waals surface area contributed by atoms with E-state index in [9.17, 15) is 9.59 Å². The fourth-order valence-corrected chi connectivity index (χ4v) is 4.17. The van der Waals surface area contributed by atoms with Gasteiger partial charge in [0.2, 0.25) is 17.8 Å². The van der Waals surface area contributed by atoms with Crippen LogP contribution in [-0.4, -0.2) is 58.2 Å². The quantitative estimate of drug-likeness (QED) is 0.308. The number of amides is 2. The summed E-state index contributed by atoms with van der Waals surface area (Å²) in [4.78, 5) is 40.5. The summed E-state index contributed by atoms with van der Waals surface area (Å²) in [5, 5.41) is 8.85. The van der Waals surface area contributed by atoms with Crippen molar-refractivity contribution in [2.24, 2.45) is 0 Å². The van der Waals surface area contributed by atoms with Crippen molar-refractivity contribution in [3.8, 4) is 6.01 Å². The lowest BCUT2D eigenvalue weighted by Gasteiger charge is -2.24. The Morgan fingerprint density at radius 1 is 0.925 bits per heavy atom. The van der Waals surface area contributed by atoms with Gasteiger partial charge in [-0.15, -0.1) is 0 Å². The zero-order valence-corrected chi connectivity index (χ0v) is 23.2. The van der Waals surface area contributed by atoms with Gasteiger partial charge in [0.1, 0.15) is 18.2 Å². The second kappa shape index (κ2) is 13.6. The van der Waals surface area contributed by atoms with Crippen LogP contribution < -0.4 is 25.6 Å². The van der Waals surface area contributed by atoms with Crippen LogP contribution in [0.1, 0.15) is 44.7 Å². The van der Waals surface area contributed by atoms with Gasteiger partial charge < -0.3 is 30.3 Å². The second-order valence-electron chi connectivity index (χ2n) is 10.4. The van der Waals surface area contributed by atoms with E-state index in [1.807, 2.05) is 86.3 Å². The van der Waals surface area contributed by atoms with Gasteiger partial charge in [-0.05, 0) is 44.7 Å². The number of rotatable bonds is 11. The molecule has 1 aliphatic heterocycles. The molecule has 0 radical (unpaired) electrons. The predicted octanol–water partition coefficient (Wildman–Crippen LogP) is 3.67. The molecule has 1 saturated heterocycles. The monoisotopic (exact) mass is 547 g/mol. The predicted molar refractivity (Wildman–Crippen MR) is 152 cm³/mol. The highest BCUT2D eigenvalue weighted by Crippen LogP contribution is 2.25. The number of hydrogen-bond donors (Lipinski definition) is 3. The summed E-state index contributed by atoms with van der Waals surface area (Å²) in [6, 6.07) is 19.3. The molecule has 2 heterocycles. The van der Waals surface area contributed by atoms with E-state index in [4.69, 9.17) is 9.47 Å². The van der Waals surface area contributed by atoms with Crippen molar-refractivity contribution in [2.45, 2.75) is 58.4 Å². The minimum absolute atomic E-state index is 0.0791. The molecule has 0 spiro atoms. The van der Waals surface area contributed by atoms with Gasteiger partial charge in [0.15, 0.2) is 0 Å². The van der Waals surface area contributed by atoms with Gasteiger partial charge in [0, 0.05) is 26.2 Å². The first-order valence-electron chi connectivity index (χ1n) is 13.5. The lowest BCUT2D eigenvalue weighted by molar-refractivity contribution is -0.122. The maximum atomic E-state index is 13.1. The normalized spacial score (nSPS) is 14.9. The first-order valence-corrected chi connectivity index (χ1v) is 13.5. The maximum Gasteiger partial charge on any atom is 0.407 e. The van der Waals surface area contributed by atoms with Crippen LogP contribution in [0.15, 0.2) is 60.7 Å². The molecule has 11 nitrogen and oxygen atoms in total. The summed E-state index contributed by atoms with van der Waals surface area (Å²) in [6.45, 7) is 7.43. The Morgan fingerprint density at radius 3 is 2.33 bits per heavy atom. The highest BCUT2D eigenvalue weighted by Gasteiger charge is 2.33. The smallest absolute Gasteiger partial charge is 0.407 e. The van der Waals surface area contributed by atoms with Crippen LogP contribution >= 0.6 is 0 Å². The number of carbonyl (C=O) groups is 2. The molecule has 40 heavy (non-hydrogen) atoms. The largest absolute Gasteiger partial charge is 0.458 e. The molecule has 0 bridgehead atoms. The van der Waals surface area contributed by atoms with Crippen molar-refractivity contribution < 1.29 is 19.1 Å². The third-order valence-corrected chi connectivity index (χ3v) is 6.01. The third-order valence-electron chi connectivity index (χ3n) is 6.01. The van der Waals surface area contributed by atoms with E-state index in [1.54, 1.807) is 0 Å². The molecule has 3 aromatic rings. The summed E-state index contributed by atoms with van der Waals surface area (Å²) in [7, 11) is 0. The SMILES string of the molecule is CC(C)(C)OC(=O)NCCNc1nc(OCc2ccccc2)nc(N2CCC[C@H]2C(=O)NCc2ccccc2)n1. The van der Waals surface area contributed by atoms with E-state index in [2.05, 4.69) is 30.9 Å². The molecule has 11 heteroatoms. The number of nitrogens with one attached hydrogen (secondary N) is 3. The van der Waals surface area contributed by atoms with Gasteiger partial charge in [-0.3, -0.25) is 4.79 Å². The van der Waals surface area contributed by atoms with Gasteiger partial charge >= 0.3 is 12.1 Å².